The normalized spacial score (nSPS) is 16.3. The number of allylic oxidation sites excluding steroid dienone is 1. The molecule has 0 radical (unpaired) electrons. The zero-order valence-corrected chi connectivity index (χ0v) is 21.4. The van der Waals surface area contributed by atoms with E-state index in [1.165, 1.54) is 9.79 Å². The predicted molar refractivity (Wildman–Crippen MR) is 139 cm³/mol. The van der Waals surface area contributed by atoms with Gasteiger partial charge in [-0.05, 0) is 73.6 Å². The Balaban J connectivity index is 1.76. The molecule has 1 aliphatic heterocycles. The van der Waals surface area contributed by atoms with Crippen LogP contribution in [0.25, 0.3) is 17.0 Å². The highest BCUT2D eigenvalue weighted by Gasteiger charge is 2.34. The van der Waals surface area contributed by atoms with E-state index < -0.39 is 0 Å². The van der Waals surface area contributed by atoms with Crippen LogP contribution in [0.15, 0.2) is 68.5 Å². The molecule has 0 bridgehead atoms. The second-order valence-corrected chi connectivity index (χ2v) is 9.60. The molecule has 0 amide bonds. The molecule has 3 aromatic rings. The standard InChI is InChI=1S/C24H26N4O2S3/c1-15-20(23-26-22(27-30-23)17-7-11-19(33-4)12-8-17)21(16-5-9-18(32-3)10-6-16)25-24(31)28(15)13-14-29-2/h5-12,21H,13-14H2,1-4H3,(H,25,31). The van der Waals surface area contributed by atoms with Crippen LogP contribution in [0.3, 0.4) is 0 Å². The Hall–Kier alpha value is -2.33. The maximum absolute atomic E-state index is 5.80. The fourth-order valence-corrected chi connectivity index (χ4v) is 4.91. The summed E-state index contributed by atoms with van der Waals surface area (Å²) in [5.41, 5.74) is 3.89. The highest BCUT2D eigenvalue weighted by atomic mass is 32.2. The van der Waals surface area contributed by atoms with E-state index in [-0.39, 0.29) is 6.04 Å². The third kappa shape index (κ3) is 5.11. The smallest absolute Gasteiger partial charge is 0.258 e. The number of nitrogens with one attached hydrogen (secondary N) is 1. The van der Waals surface area contributed by atoms with Crippen molar-refractivity contribution in [3.63, 3.8) is 0 Å². The molecular formula is C24H26N4O2S3. The number of benzene rings is 2. The average molecular weight is 499 g/mol. The Morgan fingerprint density at radius 1 is 1.06 bits per heavy atom. The van der Waals surface area contributed by atoms with Gasteiger partial charge in [0.1, 0.15) is 0 Å². The first kappa shape index (κ1) is 23.8. The average Bonchev–Trinajstić information content (AvgIpc) is 3.33. The Bertz CT molecular complexity index is 1140. The highest BCUT2D eigenvalue weighted by molar-refractivity contribution is 7.98. The summed E-state index contributed by atoms with van der Waals surface area (Å²) in [7, 11) is 1.68. The first-order chi connectivity index (χ1) is 16.0. The number of ether oxygens (including phenoxy) is 1. The molecule has 4 rings (SSSR count). The molecule has 0 spiro atoms. The van der Waals surface area contributed by atoms with Crippen LogP contribution in [-0.2, 0) is 4.74 Å². The number of aromatic nitrogens is 2. The summed E-state index contributed by atoms with van der Waals surface area (Å²) in [6, 6.07) is 16.4. The minimum absolute atomic E-state index is 0.195. The van der Waals surface area contributed by atoms with Gasteiger partial charge in [0.15, 0.2) is 5.11 Å². The minimum atomic E-state index is -0.195. The summed E-state index contributed by atoms with van der Waals surface area (Å²) in [4.78, 5) is 9.19. The Morgan fingerprint density at radius 3 is 2.30 bits per heavy atom. The maximum atomic E-state index is 5.80. The van der Waals surface area contributed by atoms with Gasteiger partial charge >= 0.3 is 0 Å². The van der Waals surface area contributed by atoms with E-state index in [1.807, 2.05) is 24.0 Å². The van der Waals surface area contributed by atoms with Crippen molar-refractivity contribution in [2.75, 3.05) is 32.8 Å². The molecule has 1 unspecified atom stereocenters. The highest BCUT2D eigenvalue weighted by Crippen LogP contribution is 2.37. The summed E-state index contributed by atoms with van der Waals surface area (Å²) in [5.74, 6) is 1.04. The second-order valence-electron chi connectivity index (χ2n) is 7.45. The van der Waals surface area contributed by atoms with Crippen LogP contribution in [-0.4, -0.2) is 52.9 Å². The quantitative estimate of drug-likeness (QED) is 0.321. The van der Waals surface area contributed by atoms with Gasteiger partial charge in [-0.15, -0.1) is 23.5 Å². The van der Waals surface area contributed by atoms with Gasteiger partial charge in [-0.1, -0.05) is 17.3 Å². The molecule has 33 heavy (non-hydrogen) atoms. The number of rotatable bonds is 8. The van der Waals surface area contributed by atoms with Crippen LogP contribution in [0.5, 0.6) is 0 Å². The molecule has 1 N–H and O–H groups in total. The molecule has 1 aromatic heterocycles. The van der Waals surface area contributed by atoms with Gasteiger partial charge < -0.3 is 19.5 Å². The van der Waals surface area contributed by atoms with Crippen molar-refractivity contribution in [2.45, 2.75) is 22.8 Å². The first-order valence-electron chi connectivity index (χ1n) is 10.5. The Kier molecular flexibility index (Phi) is 7.75. The number of thiocarbonyl (C=S) groups is 1. The van der Waals surface area contributed by atoms with Crippen LogP contribution >= 0.6 is 35.7 Å². The van der Waals surface area contributed by atoms with Crippen LogP contribution < -0.4 is 5.32 Å². The predicted octanol–water partition coefficient (Wildman–Crippen LogP) is 5.49. The maximum Gasteiger partial charge on any atom is 0.258 e. The van der Waals surface area contributed by atoms with Gasteiger partial charge in [-0.25, -0.2) is 0 Å². The van der Waals surface area contributed by atoms with Crippen molar-refractivity contribution in [3.8, 4) is 11.4 Å². The fourth-order valence-electron chi connectivity index (χ4n) is 3.75. The summed E-state index contributed by atoms with van der Waals surface area (Å²) in [6.45, 7) is 3.22. The molecule has 0 aliphatic carbocycles. The summed E-state index contributed by atoms with van der Waals surface area (Å²) in [5, 5.41) is 8.41. The molecule has 1 aliphatic rings. The molecule has 1 atom stereocenters. The largest absolute Gasteiger partial charge is 0.383 e. The number of nitrogens with zero attached hydrogens (tertiary/aromatic N) is 3. The number of hydrogen-bond acceptors (Lipinski definition) is 7. The Morgan fingerprint density at radius 2 is 1.70 bits per heavy atom. The second kappa shape index (κ2) is 10.7. The summed E-state index contributed by atoms with van der Waals surface area (Å²) >= 11 is 9.12. The van der Waals surface area contributed by atoms with Gasteiger partial charge in [-0.2, -0.15) is 4.98 Å². The molecule has 172 valence electrons. The van der Waals surface area contributed by atoms with Crippen molar-refractivity contribution in [2.24, 2.45) is 0 Å². The van der Waals surface area contributed by atoms with E-state index in [2.05, 4.69) is 59.4 Å². The molecule has 2 aromatic carbocycles. The van der Waals surface area contributed by atoms with E-state index in [1.54, 1.807) is 30.6 Å². The lowest BCUT2D eigenvalue weighted by Gasteiger charge is -2.37. The Labute approximate surface area is 208 Å². The van der Waals surface area contributed by atoms with Crippen LogP contribution in [0.1, 0.15) is 24.4 Å². The van der Waals surface area contributed by atoms with Gasteiger partial charge in [0.2, 0.25) is 5.82 Å². The van der Waals surface area contributed by atoms with Crippen LogP contribution in [0.2, 0.25) is 0 Å². The summed E-state index contributed by atoms with van der Waals surface area (Å²) in [6.07, 6.45) is 4.12. The lowest BCUT2D eigenvalue weighted by molar-refractivity contribution is 0.183. The fraction of sp³-hybridized carbons (Fsp3) is 0.292. The van der Waals surface area contributed by atoms with E-state index in [0.29, 0.717) is 30.0 Å². The molecule has 0 fully saturated rings. The molecule has 6 nitrogen and oxygen atoms in total. The molecule has 2 heterocycles. The third-order valence-electron chi connectivity index (χ3n) is 5.57. The van der Waals surface area contributed by atoms with Crippen molar-refractivity contribution < 1.29 is 9.26 Å². The van der Waals surface area contributed by atoms with Crippen molar-refractivity contribution >= 4 is 46.4 Å². The zero-order chi connectivity index (χ0) is 23.4. The lowest BCUT2D eigenvalue weighted by atomic mass is 9.95. The number of methoxy groups -OCH3 is 1. The van der Waals surface area contributed by atoms with Gasteiger partial charge in [0.25, 0.3) is 5.89 Å². The minimum Gasteiger partial charge on any atom is -0.383 e. The van der Waals surface area contributed by atoms with Gasteiger partial charge in [0.05, 0.1) is 18.2 Å². The first-order valence-corrected chi connectivity index (χ1v) is 13.3. The lowest BCUT2D eigenvalue weighted by Crippen LogP contribution is -2.47. The van der Waals surface area contributed by atoms with Crippen molar-refractivity contribution in [3.05, 3.63) is 65.7 Å². The summed E-state index contributed by atoms with van der Waals surface area (Å²) < 4.78 is 11.1. The van der Waals surface area contributed by atoms with E-state index >= 15 is 0 Å². The SMILES string of the molecule is COCCN1C(=S)NC(c2ccc(SC)cc2)C(c2nc(-c3ccc(SC)cc3)no2)=C1C. The van der Waals surface area contributed by atoms with Gasteiger partial charge in [-0.3, -0.25) is 0 Å². The van der Waals surface area contributed by atoms with E-state index in [0.717, 1.165) is 22.4 Å². The van der Waals surface area contributed by atoms with E-state index in [4.69, 9.17) is 26.5 Å². The number of thioether (sulfide) groups is 2. The molecule has 0 saturated heterocycles. The van der Waals surface area contributed by atoms with Crippen LogP contribution in [0.4, 0.5) is 0 Å². The van der Waals surface area contributed by atoms with Gasteiger partial charge in [0, 0.05) is 34.7 Å². The molecular weight excluding hydrogens is 472 g/mol. The zero-order valence-electron chi connectivity index (χ0n) is 19.0. The van der Waals surface area contributed by atoms with Crippen molar-refractivity contribution in [1.29, 1.82) is 0 Å². The number of hydrogen-bond donors (Lipinski definition) is 1. The molecule has 0 saturated carbocycles. The monoisotopic (exact) mass is 498 g/mol. The molecule has 9 heteroatoms. The van der Waals surface area contributed by atoms with E-state index in [9.17, 15) is 0 Å². The van der Waals surface area contributed by atoms with Crippen LogP contribution in [0, 0.1) is 0 Å². The third-order valence-corrected chi connectivity index (χ3v) is 7.39. The topological polar surface area (TPSA) is 63.4 Å². The van der Waals surface area contributed by atoms with Crippen molar-refractivity contribution in [1.82, 2.24) is 20.4 Å².